The van der Waals surface area contributed by atoms with E-state index in [2.05, 4.69) is 65.0 Å². The van der Waals surface area contributed by atoms with E-state index in [0.29, 0.717) is 11.5 Å². The van der Waals surface area contributed by atoms with E-state index in [1.165, 1.54) is 16.7 Å². The van der Waals surface area contributed by atoms with Crippen LogP contribution < -0.4 is 4.74 Å². The monoisotopic (exact) mass is 406 g/mol. The summed E-state index contributed by atoms with van der Waals surface area (Å²) in [4.78, 5) is 0. The number of benzene rings is 2. The maximum absolute atomic E-state index is 10.8. The average molecular weight is 407 g/mol. The zero-order chi connectivity index (χ0) is 22.3. The third kappa shape index (κ3) is 6.55. The Kier molecular flexibility index (Phi) is 8.35. The Morgan fingerprint density at radius 2 is 1.50 bits per heavy atom. The fraction of sp³-hybridized carbons (Fsp3) is 0.333. The molecule has 1 unspecified atom stereocenters. The second kappa shape index (κ2) is 10.7. The van der Waals surface area contributed by atoms with Gasteiger partial charge in [-0.25, -0.2) is 0 Å². The molecule has 0 radical (unpaired) electrons. The summed E-state index contributed by atoms with van der Waals surface area (Å²) in [5.74, 6) is 1.16. The molecule has 1 atom stereocenters. The van der Waals surface area contributed by atoms with Gasteiger partial charge in [0.25, 0.3) is 0 Å². The summed E-state index contributed by atoms with van der Waals surface area (Å²) < 4.78 is 5.19. The first-order valence-corrected chi connectivity index (χ1v) is 10.4. The van der Waals surface area contributed by atoms with Crippen molar-refractivity contribution in [1.29, 1.82) is 0 Å². The number of methoxy groups -OCH3 is 1. The maximum atomic E-state index is 10.8. The summed E-state index contributed by atoms with van der Waals surface area (Å²) in [5.41, 5.74) is 6.52. The Morgan fingerprint density at radius 1 is 0.933 bits per heavy atom. The van der Waals surface area contributed by atoms with E-state index in [1.807, 2.05) is 18.2 Å². The SMILES string of the molecule is COc1cc(C=CC(C)c2cc(CC=C(C)C)c(O)c(CC=C(C)C)c2)ccc1O. The van der Waals surface area contributed by atoms with Gasteiger partial charge in [0.15, 0.2) is 11.5 Å². The molecule has 30 heavy (non-hydrogen) atoms. The van der Waals surface area contributed by atoms with E-state index < -0.39 is 0 Å². The standard InChI is InChI=1S/C27H34O3/c1-18(2)7-12-22-16-24(17-23(27(22)29)13-8-19(3)4)20(5)9-10-21-11-14-25(28)26(15-21)30-6/h7-11,14-17,20,28-29H,12-13H2,1-6H3. The van der Waals surface area contributed by atoms with Gasteiger partial charge in [0, 0.05) is 0 Å². The normalized spacial score (nSPS) is 11.9. The number of phenols is 2. The van der Waals surface area contributed by atoms with Gasteiger partial charge in [-0.1, -0.05) is 60.6 Å². The Balaban J connectivity index is 2.37. The van der Waals surface area contributed by atoms with Crippen molar-refractivity contribution >= 4 is 6.08 Å². The highest BCUT2D eigenvalue weighted by molar-refractivity contribution is 5.57. The second-order valence-electron chi connectivity index (χ2n) is 8.24. The van der Waals surface area contributed by atoms with E-state index >= 15 is 0 Å². The Morgan fingerprint density at radius 3 is 2.00 bits per heavy atom. The molecular formula is C27H34O3. The predicted octanol–water partition coefficient (Wildman–Crippen LogP) is 6.94. The lowest BCUT2D eigenvalue weighted by Crippen LogP contribution is -1.97. The fourth-order valence-electron chi connectivity index (χ4n) is 3.15. The number of allylic oxidation sites excluding steroid dienone is 5. The summed E-state index contributed by atoms with van der Waals surface area (Å²) in [6, 6.07) is 9.52. The Labute approximate surface area is 181 Å². The average Bonchev–Trinajstić information content (AvgIpc) is 2.70. The molecular weight excluding hydrogens is 372 g/mol. The number of phenolic OH excluding ortho intramolecular Hbond substituents is 2. The molecule has 0 saturated carbocycles. The maximum Gasteiger partial charge on any atom is 0.161 e. The van der Waals surface area contributed by atoms with Crippen molar-refractivity contribution in [3.05, 3.63) is 82.0 Å². The van der Waals surface area contributed by atoms with Crippen molar-refractivity contribution in [3.8, 4) is 17.2 Å². The van der Waals surface area contributed by atoms with Gasteiger partial charge in [-0.3, -0.25) is 0 Å². The van der Waals surface area contributed by atoms with Crippen molar-refractivity contribution in [2.75, 3.05) is 7.11 Å². The summed E-state index contributed by atoms with van der Waals surface area (Å²) in [6.07, 6.45) is 9.89. The minimum Gasteiger partial charge on any atom is -0.507 e. The quantitative estimate of drug-likeness (QED) is 0.467. The first-order valence-electron chi connectivity index (χ1n) is 10.4. The minimum atomic E-state index is 0.133. The van der Waals surface area contributed by atoms with E-state index in [-0.39, 0.29) is 11.7 Å². The van der Waals surface area contributed by atoms with Gasteiger partial charge in [0.05, 0.1) is 7.11 Å². The van der Waals surface area contributed by atoms with Crippen molar-refractivity contribution in [1.82, 2.24) is 0 Å². The molecule has 2 aromatic carbocycles. The van der Waals surface area contributed by atoms with Crippen molar-refractivity contribution in [3.63, 3.8) is 0 Å². The van der Waals surface area contributed by atoms with Crippen LogP contribution in [-0.2, 0) is 12.8 Å². The molecule has 3 heteroatoms. The predicted molar refractivity (Wildman–Crippen MR) is 126 cm³/mol. The van der Waals surface area contributed by atoms with Crippen molar-refractivity contribution < 1.29 is 14.9 Å². The summed E-state index contributed by atoms with van der Waals surface area (Å²) in [5, 5.41) is 20.6. The van der Waals surface area contributed by atoms with Crippen LogP contribution in [0.1, 0.15) is 62.8 Å². The lowest BCUT2D eigenvalue weighted by Gasteiger charge is -2.15. The van der Waals surface area contributed by atoms with Gasteiger partial charge in [-0.05, 0) is 80.8 Å². The molecule has 3 nitrogen and oxygen atoms in total. The van der Waals surface area contributed by atoms with Gasteiger partial charge in [0.2, 0.25) is 0 Å². The molecule has 0 aliphatic rings. The van der Waals surface area contributed by atoms with E-state index in [9.17, 15) is 10.2 Å². The minimum absolute atomic E-state index is 0.133. The molecule has 0 bridgehead atoms. The van der Waals surface area contributed by atoms with Gasteiger partial charge >= 0.3 is 0 Å². The summed E-state index contributed by atoms with van der Waals surface area (Å²) >= 11 is 0. The van der Waals surface area contributed by atoms with Crippen LogP contribution in [-0.4, -0.2) is 17.3 Å². The molecule has 0 fully saturated rings. The Hall–Kier alpha value is -2.94. The second-order valence-corrected chi connectivity index (χ2v) is 8.24. The van der Waals surface area contributed by atoms with Crippen LogP contribution in [0.15, 0.2) is 59.7 Å². The van der Waals surface area contributed by atoms with Crippen molar-refractivity contribution in [2.24, 2.45) is 0 Å². The molecule has 160 valence electrons. The lowest BCUT2D eigenvalue weighted by atomic mass is 9.92. The molecule has 0 heterocycles. The number of aromatic hydroxyl groups is 2. The first kappa shape index (κ1) is 23.3. The zero-order valence-electron chi connectivity index (χ0n) is 19.0. The zero-order valence-corrected chi connectivity index (χ0v) is 19.0. The number of hydrogen-bond donors (Lipinski definition) is 2. The molecule has 0 amide bonds. The van der Waals surface area contributed by atoms with Gasteiger partial charge < -0.3 is 14.9 Å². The van der Waals surface area contributed by atoms with Crippen LogP contribution in [0, 0.1) is 0 Å². The Bertz CT molecular complexity index is 915. The first-order chi connectivity index (χ1) is 14.2. The van der Waals surface area contributed by atoms with Crippen LogP contribution >= 0.6 is 0 Å². The number of hydrogen-bond acceptors (Lipinski definition) is 3. The van der Waals surface area contributed by atoms with E-state index in [0.717, 1.165) is 29.5 Å². The lowest BCUT2D eigenvalue weighted by molar-refractivity contribution is 0.373. The third-order valence-electron chi connectivity index (χ3n) is 5.06. The highest BCUT2D eigenvalue weighted by atomic mass is 16.5. The molecule has 0 aliphatic heterocycles. The van der Waals surface area contributed by atoms with Gasteiger partial charge in [0.1, 0.15) is 5.75 Å². The highest BCUT2D eigenvalue weighted by Gasteiger charge is 2.12. The highest BCUT2D eigenvalue weighted by Crippen LogP contribution is 2.32. The number of ether oxygens (including phenoxy) is 1. The van der Waals surface area contributed by atoms with Crippen LogP contribution in [0.2, 0.25) is 0 Å². The third-order valence-corrected chi connectivity index (χ3v) is 5.06. The van der Waals surface area contributed by atoms with Crippen LogP contribution in [0.4, 0.5) is 0 Å². The van der Waals surface area contributed by atoms with Crippen LogP contribution in [0.3, 0.4) is 0 Å². The smallest absolute Gasteiger partial charge is 0.161 e. The summed E-state index contributed by atoms with van der Waals surface area (Å²) in [7, 11) is 1.55. The van der Waals surface area contributed by atoms with Crippen molar-refractivity contribution in [2.45, 2.75) is 53.4 Å². The van der Waals surface area contributed by atoms with Gasteiger partial charge in [-0.15, -0.1) is 0 Å². The molecule has 2 aromatic rings. The van der Waals surface area contributed by atoms with Gasteiger partial charge in [-0.2, -0.15) is 0 Å². The van der Waals surface area contributed by atoms with E-state index in [4.69, 9.17) is 4.74 Å². The molecule has 2 rings (SSSR count). The topological polar surface area (TPSA) is 49.7 Å². The number of rotatable bonds is 8. The van der Waals surface area contributed by atoms with E-state index in [1.54, 1.807) is 13.2 Å². The van der Waals surface area contributed by atoms with Crippen LogP contribution in [0.5, 0.6) is 17.2 Å². The molecule has 0 saturated heterocycles. The largest absolute Gasteiger partial charge is 0.507 e. The molecule has 0 aliphatic carbocycles. The van der Waals surface area contributed by atoms with Crippen LogP contribution in [0.25, 0.3) is 6.08 Å². The molecule has 2 N–H and O–H groups in total. The molecule has 0 spiro atoms. The summed E-state index contributed by atoms with van der Waals surface area (Å²) in [6.45, 7) is 10.4. The molecule has 0 aromatic heterocycles. The fourth-order valence-corrected chi connectivity index (χ4v) is 3.15.